The van der Waals surface area contributed by atoms with Gasteiger partial charge < -0.3 is 5.32 Å². The highest BCUT2D eigenvalue weighted by molar-refractivity contribution is 6.30. The van der Waals surface area contributed by atoms with Crippen LogP contribution in [0.15, 0.2) is 24.3 Å². The molecule has 1 amide bonds. The Morgan fingerprint density at radius 1 is 1.50 bits per heavy atom. The van der Waals surface area contributed by atoms with Gasteiger partial charge in [0.25, 0.3) is 0 Å². The first-order valence-corrected chi connectivity index (χ1v) is 6.31. The smallest absolute Gasteiger partial charge is 0.241 e. The summed E-state index contributed by atoms with van der Waals surface area (Å²) in [4.78, 5) is 17.4. The van der Waals surface area contributed by atoms with E-state index in [-0.39, 0.29) is 24.1 Å². The zero-order chi connectivity index (χ0) is 12.5. The minimum atomic E-state index is -0.207. The Bertz CT molecular complexity index is 456. The standard InChI is InChI=1S/C12H14ClN3O2/c13-7-2-1-3-8(4-7)15-12(17)9-5-11-10(16-9)6-14-18-11/h1-4,9-11,14,16H,5-6H2,(H,15,17). The number of anilines is 1. The number of carbonyl (C=O) groups excluding carboxylic acids is 1. The van der Waals surface area contributed by atoms with Crippen molar-refractivity contribution in [3.05, 3.63) is 29.3 Å². The van der Waals surface area contributed by atoms with Crippen LogP contribution in [-0.2, 0) is 9.63 Å². The van der Waals surface area contributed by atoms with E-state index in [1.807, 2.05) is 12.1 Å². The van der Waals surface area contributed by atoms with E-state index in [0.29, 0.717) is 17.1 Å². The molecule has 3 rings (SSSR count). The Labute approximate surface area is 110 Å². The molecule has 3 unspecified atom stereocenters. The van der Waals surface area contributed by atoms with E-state index in [4.69, 9.17) is 16.4 Å². The van der Waals surface area contributed by atoms with Crippen LogP contribution < -0.4 is 16.1 Å². The molecule has 3 N–H and O–H groups in total. The molecular weight excluding hydrogens is 254 g/mol. The van der Waals surface area contributed by atoms with Crippen LogP contribution in [0, 0.1) is 0 Å². The predicted molar refractivity (Wildman–Crippen MR) is 68.3 cm³/mol. The van der Waals surface area contributed by atoms with E-state index in [2.05, 4.69) is 16.1 Å². The zero-order valence-corrected chi connectivity index (χ0v) is 10.4. The molecule has 0 aliphatic carbocycles. The molecule has 2 heterocycles. The number of hydrogen-bond acceptors (Lipinski definition) is 4. The van der Waals surface area contributed by atoms with Gasteiger partial charge in [-0.2, -0.15) is 0 Å². The highest BCUT2D eigenvalue weighted by Crippen LogP contribution is 2.21. The summed E-state index contributed by atoms with van der Waals surface area (Å²) >= 11 is 5.87. The van der Waals surface area contributed by atoms with E-state index >= 15 is 0 Å². The lowest BCUT2D eigenvalue weighted by atomic mass is 10.1. The summed E-state index contributed by atoms with van der Waals surface area (Å²) < 4.78 is 0. The molecule has 1 aromatic carbocycles. The fourth-order valence-electron chi connectivity index (χ4n) is 2.37. The summed E-state index contributed by atoms with van der Waals surface area (Å²) in [6, 6.07) is 7.14. The first-order valence-electron chi connectivity index (χ1n) is 5.93. The van der Waals surface area contributed by atoms with Crippen molar-refractivity contribution in [2.24, 2.45) is 0 Å². The fraction of sp³-hybridized carbons (Fsp3) is 0.417. The van der Waals surface area contributed by atoms with Crippen LogP contribution in [0.4, 0.5) is 5.69 Å². The average molecular weight is 268 g/mol. The van der Waals surface area contributed by atoms with E-state index in [0.717, 1.165) is 6.54 Å². The second kappa shape index (κ2) is 4.85. The molecular formula is C12H14ClN3O2. The Kier molecular flexibility index (Phi) is 3.22. The third kappa shape index (κ3) is 2.35. The summed E-state index contributed by atoms with van der Waals surface area (Å²) in [7, 11) is 0. The maximum Gasteiger partial charge on any atom is 0.241 e. The molecule has 0 radical (unpaired) electrons. The van der Waals surface area contributed by atoms with Crippen LogP contribution in [0.3, 0.4) is 0 Å². The van der Waals surface area contributed by atoms with Gasteiger partial charge >= 0.3 is 0 Å². The van der Waals surface area contributed by atoms with Crippen molar-refractivity contribution in [2.75, 3.05) is 11.9 Å². The van der Waals surface area contributed by atoms with E-state index in [1.165, 1.54) is 0 Å². The third-order valence-electron chi connectivity index (χ3n) is 3.28. The molecule has 5 nitrogen and oxygen atoms in total. The molecule has 0 bridgehead atoms. The van der Waals surface area contributed by atoms with E-state index in [9.17, 15) is 4.79 Å². The summed E-state index contributed by atoms with van der Waals surface area (Å²) in [5.41, 5.74) is 3.54. The van der Waals surface area contributed by atoms with E-state index < -0.39 is 0 Å². The van der Waals surface area contributed by atoms with Gasteiger partial charge in [-0.15, -0.1) is 0 Å². The van der Waals surface area contributed by atoms with Crippen molar-refractivity contribution in [1.29, 1.82) is 0 Å². The van der Waals surface area contributed by atoms with Crippen LogP contribution in [-0.4, -0.2) is 30.6 Å². The maximum atomic E-state index is 12.1. The average Bonchev–Trinajstić information content (AvgIpc) is 2.88. The largest absolute Gasteiger partial charge is 0.325 e. The number of hydrogen-bond donors (Lipinski definition) is 3. The third-order valence-corrected chi connectivity index (χ3v) is 3.51. The van der Waals surface area contributed by atoms with Crippen LogP contribution in [0.25, 0.3) is 0 Å². The van der Waals surface area contributed by atoms with Gasteiger partial charge in [0.1, 0.15) is 0 Å². The molecule has 0 spiro atoms. The van der Waals surface area contributed by atoms with Gasteiger partial charge in [-0.3, -0.25) is 14.9 Å². The molecule has 0 aromatic heterocycles. The molecule has 2 fully saturated rings. The lowest BCUT2D eigenvalue weighted by Crippen LogP contribution is -2.41. The maximum absolute atomic E-state index is 12.1. The van der Waals surface area contributed by atoms with Gasteiger partial charge in [0.05, 0.1) is 18.2 Å². The fourth-order valence-corrected chi connectivity index (χ4v) is 2.56. The molecule has 2 aliphatic rings. The normalized spacial score (nSPS) is 30.2. The minimum Gasteiger partial charge on any atom is -0.325 e. The Morgan fingerprint density at radius 3 is 3.17 bits per heavy atom. The van der Waals surface area contributed by atoms with Gasteiger partial charge in [-0.1, -0.05) is 17.7 Å². The highest BCUT2D eigenvalue weighted by Gasteiger charge is 2.41. The topological polar surface area (TPSA) is 62.4 Å². The molecule has 96 valence electrons. The Balaban J connectivity index is 1.62. The van der Waals surface area contributed by atoms with Crippen molar-refractivity contribution < 1.29 is 9.63 Å². The molecule has 6 heteroatoms. The number of rotatable bonds is 2. The monoisotopic (exact) mass is 267 g/mol. The summed E-state index contributed by atoms with van der Waals surface area (Å²) in [6.07, 6.45) is 0.768. The van der Waals surface area contributed by atoms with Crippen molar-refractivity contribution in [3.8, 4) is 0 Å². The van der Waals surface area contributed by atoms with Gasteiger partial charge in [0.15, 0.2) is 0 Å². The summed E-state index contributed by atoms with van der Waals surface area (Å²) in [5, 5.41) is 6.72. The molecule has 18 heavy (non-hydrogen) atoms. The van der Waals surface area contributed by atoms with Crippen molar-refractivity contribution in [2.45, 2.75) is 24.6 Å². The molecule has 2 aliphatic heterocycles. The summed E-state index contributed by atoms with van der Waals surface area (Å²) in [5.74, 6) is -0.0460. The lowest BCUT2D eigenvalue weighted by Gasteiger charge is -2.13. The number of halogens is 1. The van der Waals surface area contributed by atoms with Crippen molar-refractivity contribution in [1.82, 2.24) is 10.8 Å². The minimum absolute atomic E-state index is 0.0460. The first kappa shape index (κ1) is 11.9. The summed E-state index contributed by atoms with van der Waals surface area (Å²) in [6.45, 7) is 0.742. The van der Waals surface area contributed by atoms with Crippen LogP contribution in [0.1, 0.15) is 6.42 Å². The molecule has 1 aromatic rings. The van der Waals surface area contributed by atoms with Crippen molar-refractivity contribution in [3.63, 3.8) is 0 Å². The Morgan fingerprint density at radius 2 is 2.39 bits per heavy atom. The number of hydroxylamine groups is 1. The number of amides is 1. The van der Waals surface area contributed by atoms with Crippen molar-refractivity contribution >= 4 is 23.2 Å². The second-order valence-electron chi connectivity index (χ2n) is 4.57. The molecule has 3 atom stereocenters. The zero-order valence-electron chi connectivity index (χ0n) is 9.65. The van der Waals surface area contributed by atoms with Gasteiger partial charge in [-0.25, -0.2) is 5.48 Å². The van der Waals surface area contributed by atoms with Crippen LogP contribution >= 0.6 is 11.6 Å². The van der Waals surface area contributed by atoms with Crippen LogP contribution in [0.5, 0.6) is 0 Å². The van der Waals surface area contributed by atoms with Gasteiger partial charge in [0.2, 0.25) is 5.91 Å². The SMILES string of the molecule is O=C(Nc1cccc(Cl)c1)C1CC2ONCC2N1. The van der Waals surface area contributed by atoms with Gasteiger partial charge in [0, 0.05) is 23.7 Å². The number of nitrogens with one attached hydrogen (secondary N) is 3. The van der Waals surface area contributed by atoms with Crippen LogP contribution in [0.2, 0.25) is 5.02 Å². The number of fused-ring (bicyclic) bond motifs is 1. The van der Waals surface area contributed by atoms with E-state index in [1.54, 1.807) is 12.1 Å². The number of carbonyl (C=O) groups is 1. The molecule has 0 saturated carbocycles. The second-order valence-corrected chi connectivity index (χ2v) is 5.00. The molecule has 2 saturated heterocycles. The Hall–Kier alpha value is -1.14. The quantitative estimate of drug-likeness (QED) is 0.746. The first-order chi connectivity index (χ1) is 8.72. The highest BCUT2D eigenvalue weighted by atomic mass is 35.5. The lowest BCUT2D eigenvalue weighted by molar-refractivity contribution is -0.118. The number of benzene rings is 1. The predicted octanol–water partition coefficient (Wildman–Crippen LogP) is 0.912. The van der Waals surface area contributed by atoms with Gasteiger partial charge in [-0.05, 0) is 18.2 Å².